The highest BCUT2D eigenvalue weighted by Gasteiger charge is 2.38. The van der Waals surface area contributed by atoms with E-state index in [-0.39, 0.29) is 17.4 Å². The Bertz CT molecular complexity index is 1090. The average molecular weight is 434 g/mol. The van der Waals surface area contributed by atoms with Gasteiger partial charge >= 0.3 is 0 Å². The molecule has 1 aliphatic heterocycles. The summed E-state index contributed by atoms with van der Waals surface area (Å²) in [7, 11) is 0. The molecule has 158 valence electrons. The molecule has 0 saturated heterocycles. The Morgan fingerprint density at radius 1 is 1.29 bits per heavy atom. The fourth-order valence-corrected chi connectivity index (χ4v) is 4.80. The smallest absolute Gasteiger partial charge is 0.234 e. The van der Waals surface area contributed by atoms with Gasteiger partial charge in [0, 0.05) is 23.4 Å². The summed E-state index contributed by atoms with van der Waals surface area (Å²) >= 11 is 1.27. The number of Topliss-reactive ketones (excluding diaryl/α,β-unsaturated/α-hetero) is 1. The molecule has 0 saturated carbocycles. The lowest BCUT2D eigenvalue weighted by Gasteiger charge is -2.32. The van der Waals surface area contributed by atoms with E-state index in [0.29, 0.717) is 28.4 Å². The predicted octanol–water partition coefficient (Wildman–Crippen LogP) is 4.64. The number of furan rings is 1. The number of ketones is 1. The molecular weight excluding hydrogens is 410 g/mol. The van der Waals surface area contributed by atoms with Crippen LogP contribution in [-0.2, 0) is 16.0 Å². The maximum atomic E-state index is 12.7. The maximum absolute atomic E-state index is 12.7. The normalized spacial score (nSPS) is 18.3. The summed E-state index contributed by atoms with van der Waals surface area (Å²) < 4.78 is 5.59. The number of hydrogen-bond acceptors (Lipinski definition) is 6. The number of carbonyl (C=O) groups is 2. The molecule has 4 rings (SSSR count). The van der Waals surface area contributed by atoms with Crippen LogP contribution in [0.25, 0.3) is 0 Å². The van der Waals surface area contributed by atoms with Crippen LogP contribution in [0.3, 0.4) is 0 Å². The first kappa shape index (κ1) is 21.0. The Balaban J connectivity index is 1.54. The lowest BCUT2D eigenvalue weighted by atomic mass is 9.79. The van der Waals surface area contributed by atoms with Gasteiger partial charge in [-0.2, -0.15) is 5.26 Å². The van der Waals surface area contributed by atoms with E-state index in [2.05, 4.69) is 23.6 Å². The highest BCUT2D eigenvalue weighted by molar-refractivity contribution is 8.03. The van der Waals surface area contributed by atoms with E-state index in [0.717, 1.165) is 30.6 Å². The number of benzene rings is 1. The molecule has 1 atom stereocenters. The number of thioether (sulfide) groups is 1. The number of rotatable bonds is 6. The summed E-state index contributed by atoms with van der Waals surface area (Å²) in [6, 6.07) is 13.5. The quantitative estimate of drug-likeness (QED) is 0.689. The van der Waals surface area contributed by atoms with Gasteiger partial charge in [-0.05, 0) is 49.1 Å². The molecule has 2 heterocycles. The first-order valence-electron chi connectivity index (χ1n) is 10.3. The molecule has 1 aliphatic carbocycles. The molecule has 31 heavy (non-hydrogen) atoms. The third-order valence-corrected chi connectivity index (χ3v) is 6.50. The fraction of sp³-hybridized carbons (Fsp3) is 0.292. The van der Waals surface area contributed by atoms with Gasteiger partial charge in [-0.3, -0.25) is 9.59 Å². The number of hydrogen-bond donors (Lipinski definition) is 2. The highest BCUT2D eigenvalue weighted by Crippen LogP contribution is 2.44. The van der Waals surface area contributed by atoms with Crippen molar-refractivity contribution in [3.63, 3.8) is 0 Å². The maximum Gasteiger partial charge on any atom is 0.234 e. The second kappa shape index (κ2) is 9.27. The van der Waals surface area contributed by atoms with Crippen LogP contribution in [0.1, 0.15) is 43.4 Å². The molecule has 0 spiro atoms. The molecule has 2 aromatic rings. The summed E-state index contributed by atoms with van der Waals surface area (Å²) in [5, 5.41) is 16.7. The van der Waals surface area contributed by atoms with E-state index in [1.165, 1.54) is 17.3 Å². The summed E-state index contributed by atoms with van der Waals surface area (Å²) in [4.78, 5) is 25.2. The molecular formula is C24H23N3O3S. The number of aryl methyl sites for hydroxylation is 1. The molecule has 1 aromatic heterocycles. The van der Waals surface area contributed by atoms with Crippen molar-refractivity contribution in [2.75, 3.05) is 11.1 Å². The highest BCUT2D eigenvalue weighted by atomic mass is 32.2. The molecule has 0 bridgehead atoms. The monoisotopic (exact) mass is 433 g/mol. The van der Waals surface area contributed by atoms with Gasteiger partial charge in [-0.25, -0.2) is 0 Å². The number of carbonyl (C=O) groups excluding carboxylic acids is 2. The lowest BCUT2D eigenvalue weighted by molar-refractivity contribution is -0.116. The van der Waals surface area contributed by atoms with E-state index >= 15 is 0 Å². The first-order chi connectivity index (χ1) is 15.1. The Labute approximate surface area is 185 Å². The van der Waals surface area contributed by atoms with Crippen molar-refractivity contribution in [2.24, 2.45) is 0 Å². The number of nitriles is 1. The van der Waals surface area contributed by atoms with Gasteiger partial charge in [0.15, 0.2) is 5.78 Å². The third-order valence-electron chi connectivity index (χ3n) is 5.48. The Morgan fingerprint density at radius 3 is 2.77 bits per heavy atom. The minimum Gasteiger partial charge on any atom is -0.468 e. The topological polar surface area (TPSA) is 95.1 Å². The Hall–Kier alpha value is -3.24. The van der Waals surface area contributed by atoms with E-state index in [1.54, 1.807) is 18.4 Å². The van der Waals surface area contributed by atoms with Crippen molar-refractivity contribution in [2.45, 2.75) is 38.5 Å². The Morgan fingerprint density at radius 2 is 2.10 bits per heavy atom. The van der Waals surface area contributed by atoms with Gasteiger partial charge < -0.3 is 15.1 Å². The summed E-state index contributed by atoms with van der Waals surface area (Å²) in [6.45, 7) is 2.08. The van der Waals surface area contributed by atoms with Crippen molar-refractivity contribution < 1.29 is 14.0 Å². The van der Waals surface area contributed by atoms with Crippen LogP contribution in [0.4, 0.5) is 5.69 Å². The summed E-state index contributed by atoms with van der Waals surface area (Å²) in [5.74, 6) is 0.0652. The fourth-order valence-electron chi connectivity index (χ4n) is 3.94. The molecule has 1 amide bonds. The molecule has 6 nitrogen and oxygen atoms in total. The van der Waals surface area contributed by atoms with Crippen molar-refractivity contribution in [1.29, 1.82) is 5.26 Å². The standard InChI is InChI=1S/C24H23N3O3S/c1-2-15-8-10-16(11-9-15)26-21(29)14-31-24-17(13-25)22(20-7-4-12-30-20)23-18(27-24)5-3-6-19(23)28/h4,7-12,22,27H,2-3,5-6,14H2,1H3,(H,26,29)/t22-/m0/s1. The average Bonchev–Trinajstić information content (AvgIpc) is 3.32. The number of nitrogens with one attached hydrogen (secondary N) is 2. The zero-order valence-corrected chi connectivity index (χ0v) is 18.1. The van der Waals surface area contributed by atoms with Gasteiger partial charge in [0.1, 0.15) is 5.76 Å². The van der Waals surface area contributed by atoms with E-state index in [9.17, 15) is 14.9 Å². The van der Waals surface area contributed by atoms with Crippen LogP contribution in [0.15, 0.2) is 69.0 Å². The van der Waals surface area contributed by atoms with Gasteiger partial charge in [0.2, 0.25) is 5.91 Å². The second-order valence-electron chi connectivity index (χ2n) is 7.48. The van der Waals surface area contributed by atoms with E-state index in [1.807, 2.05) is 24.3 Å². The van der Waals surface area contributed by atoms with Gasteiger partial charge in [-0.15, -0.1) is 0 Å². The summed E-state index contributed by atoms with van der Waals surface area (Å²) in [5.41, 5.74) is 3.80. The molecule has 7 heteroatoms. The number of dihydropyridines is 1. The zero-order valence-electron chi connectivity index (χ0n) is 17.2. The SMILES string of the molecule is CCc1ccc(NC(=O)CSC2=C(C#N)[C@@H](c3ccco3)C3=C(CCCC3=O)N2)cc1. The first-order valence-corrected chi connectivity index (χ1v) is 11.3. The lowest BCUT2D eigenvalue weighted by Crippen LogP contribution is -2.31. The minimum atomic E-state index is -0.531. The van der Waals surface area contributed by atoms with Crippen molar-refractivity contribution in [1.82, 2.24) is 5.32 Å². The molecule has 0 radical (unpaired) electrons. The van der Waals surface area contributed by atoms with E-state index in [4.69, 9.17) is 4.42 Å². The predicted molar refractivity (Wildman–Crippen MR) is 120 cm³/mol. The van der Waals surface area contributed by atoms with Crippen LogP contribution in [0.5, 0.6) is 0 Å². The van der Waals surface area contributed by atoms with Crippen molar-refractivity contribution in [3.05, 3.63) is 75.9 Å². The van der Waals surface area contributed by atoms with Crippen LogP contribution in [0, 0.1) is 11.3 Å². The third kappa shape index (κ3) is 4.44. The van der Waals surface area contributed by atoms with Gasteiger partial charge in [0.05, 0.1) is 34.6 Å². The Kier molecular flexibility index (Phi) is 6.28. The molecule has 0 unspecified atom stereocenters. The zero-order chi connectivity index (χ0) is 21.8. The van der Waals surface area contributed by atoms with Gasteiger partial charge in [-0.1, -0.05) is 30.8 Å². The van der Waals surface area contributed by atoms with Crippen LogP contribution in [0.2, 0.25) is 0 Å². The van der Waals surface area contributed by atoms with Crippen molar-refractivity contribution in [3.8, 4) is 6.07 Å². The van der Waals surface area contributed by atoms with Crippen molar-refractivity contribution >= 4 is 29.1 Å². The molecule has 0 fully saturated rings. The number of nitrogens with zero attached hydrogens (tertiary/aromatic N) is 1. The number of anilines is 1. The molecule has 2 aliphatic rings. The molecule has 2 N–H and O–H groups in total. The van der Waals surface area contributed by atoms with Gasteiger partial charge in [0.25, 0.3) is 0 Å². The number of amides is 1. The molecule has 1 aromatic carbocycles. The van der Waals surface area contributed by atoms with Crippen LogP contribution in [-0.4, -0.2) is 17.4 Å². The number of allylic oxidation sites excluding steroid dienone is 3. The summed E-state index contributed by atoms with van der Waals surface area (Å²) in [6.07, 6.45) is 4.46. The largest absolute Gasteiger partial charge is 0.468 e. The minimum absolute atomic E-state index is 0.0419. The van der Waals surface area contributed by atoms with Crippen LogP contribution < -0.4 is 10.6 Å². The second-order valence-corrected chi connectivity index (χ2v) is 8.47. The van der Waals surface area contributed by atoms with Crippen LogP contribution >= 0.6 is 11.8 Å². The van der Waals surface area contributed by atoms with E-state index < -0.39 is 5.92 Å².